The highest BCUT2D eigenvalue weighted by molar-refractivity contribution is 6.77. The number of ether oxygens (including phenoxy) is 1. The molecule has 0 N–H and O–H groups in total. The highest BCUT2D eigenvalue weighted by Gasteiger charge is 2.48. The van der Waals surface area contributed by atoms with Gasteiger partial charge in [-0.2, -0.15) is 0 Å². The molecular weight excluding hydrogens is 557 g/mol. The Balaban J connectivity index is 6.70. The van der Waals surface area contributed by atoms with Crippen LogP contribution in [-0.4, -0.2) is 56.0 Å². The summed E-state index contributed by atoms with van der Waals surface area (Å²) >= 11 is 0. The third kappa shape index (κ3) is 11.1. The molecule has 0 heterocycles. The van der Waals surface area contributed by atoms with Crippen molar-refractivity contribution in [3.8, 4) is 0 Å². The average molecular weight is 629 g/mol. The molecule has 0 rings (SSSR count). The summed E-state index contributed by atoms with van der Waals surface area (Å²) in [5.41, 5.74) is 1.50. The van der Waals surface area contributed by atoms with Gasteiger partial charge in [-0.05, 0) is 72.2 Å². The third-order valence-electron chi connectivity index (χ3n) is 10.1. The molecule has 0 aromatic carbocycles. The van der Waals surface area contributed by atoms with Crippen LogP contribution >= 0.6 is 0 Å². The molecule has 0 saturated heterocycles. The van der Waals surface area contributed by atoms with Crippen molar-refractivity contribution in [3.63, 3.8) is 0 Å². The fourth-order valence-electron chi connectivity index (χ4n) is 5.52. The van der Waals surface area contributed by atoms with Crippen LogP contribution < -0.4 is 0 Å². The summed E-state index contributed by atoms with van der Waals surface area (Å²) in [7, 11) is -6.22. The molecule has 4 atom stereocenters. The van der Waals surface area contributed by atoms with Gasteiger partial charge in [-0.3, -0.25) is 0 Å². The van der Waals surface area contributed by atoms with Gasteiger partial charge < -0.3 is 18.0 Å². The largest absolute Gasteiger partial charge is 0.414 e. The lowest BCUT2D eigenvalue weighted by Gasteiger charge is -2.47. The molecule has 0 radical (unpaired) electrons. The van der Waals surface area contributed by atoms with Gasteiger partial charge >= 0.3 is 0 Å². The first-order valence-electron chi connectivity index (χ1n) is 16.3. The maximum atomic E-state index is 7.37. The molecule has 7 heteroatoms. The van der Waals surface area contributed by atoms with Gasteiger partial charge in [0, 0.05) is 0 Å². The number of hydrogen-bond donors (Lipinski definition) is 0. The fourth-order valence-corrected chi connectivity index (χ4v) is 13.5. The van der Waals surface area contributed by atoms with E-state index >= 15 is 0 Å². The molecule has 0 aliphatic heterocycles. The Hall–Kier alpha value is -0.0294. The lowest BCUT2D eigenvalue weighted by atomic mass is 10.1. The van der Waals surface area contributed by atoms with E-state index in [0.29, 0.717) is 23.2 Å². The molecule has 0 aromatic rings. The van der Waals surface area contributed by atoms with Crippen molar-refractivity contribution in [2.24, 2.45) is 0 Å². The van der Waals surface area contributed by atoms with Crippen LogP contribution in [0.25, 0.3) is 0 Å². The topological polar surface area (TPSA) is 36.9 Å². The summed E-state index contributed by atoms with van der Waals surface area (Å²) in [5, 5.41) is 0.203. The third-order valence-corrected chi connectivity index (χ3v) is 25.2. The van der Waals surface area contributed by atoms with Crippen molar-refractivity contribution in [2.45, 2.75) is 187 Å². The van der Waals surface area contributed by atoms with Crippen LogP contribution in [0.15, 0.2) is 25.3 Å². The molecule has 244 valence electrons. The van der Waals surface area contributed by atoms with Crippen molar-refractivity contribution in [1.29, 1.82) is 0 Å². The molecule has 0 saturated carbocycles. The predicted molar refractivity (Wildman–Crippen MR) is 190 cm³/mol. The molecule has 0 aliphatic rings. The molecular formula is C34H72O4Si3. The van der Waals surface area contributed by atoms with Crippen LogP contribution in [0.5, 0.6) is 0 Å². The standard InChI is InChI=1S/C34H72O4Si3/c1-20-23-30(38-41(26(4)5,27(6)7)28(8)9)29(22-3)36-32(25-35-39(16,17)33(10,11)12)31(24-21-2)37-40(18,19)34(13,14)15/h20-21,26-32H,1-2,22-25H2,3-19H3/t29-,30-,31+,32+/m1/s1. The predicted octanol–water partition coefficient (Wildman–Crippen LogP) is 11.3. The van der Waals surface area contributed by atoms with E-state index in [9.17, 15) is 0 Å². The highest BCUT2D eigenvalue weighted by Crippen LogP contribution is 2.44. The zero-order valence-electron chi connectivity index (χ0n) is 30.6. The average Bonchev–Trinajstić information content (AvgIpc) is 2.79. The second kappa shape index (κ2) is 16.3. The van der Waals surface area contributed by atoms with Crippen molar-refractivity contribution in [1.82, 2.24) is 0 Å². The second-order valence-corrected chi connectivity index (χ2v) is 31.1. The van der Waals surface area contributed by atoms with Crippen LogP contribution in [-0.2, 0) is 18.0 Å². The molecule has 41 heavy (non-hydrogen) atoms. The SMILES string of the molecule is C=CC[C@H](O[Si](C)(C)C(C)(C)C)[C@H](CO[Si](C)(C)C(C)(C)C)O[C@H](CC)[C@@H](CC=C)O[Si](C(C)C)(C(C)C)C(C)C. The van der Waals surface area contributed by atoms with E-state index in [1.807, 2.05) is 12.2 Å². The molecule has 0 aliphatic carbocycles. The highest BCUT2D eigenvalue weighted by atomic mass is 28.4. The lowest BCUT2D eigenvalue weighted by Crippen LogP contribution is -2.54. The Bertz CT molecular complexity index is 756. The lowest BCUT2D eigenvalue weighted by molar-refractivity contribution is -0.122. The van der Waals surface area contributed by atoms with Crippen molar-refractivity contribution in [3.05, 3.63) is 25.3 Å². The second-order valence-electron chi connectivity index (χ2n) is 16.1. The van der Waals surface area contributed by atoms with Gasteiger partial charge in [0.1, 0.15) is 6.10 Å². The quantitative estimate of drug-likeness (QED) is 0.105. The van der Waals surface area contributed by atoms with Gasteiger partial charge in [0.2, 0.25) is 8.32 Å². The van der Waals surface area contributed by atoms with Gasteiger partial charge in [-0.15, -0.1) is 13.2 Å². The van der Waals surface area contributed by atoms with Gasteiger partial charge in [0.15, 0.2) is 16.6 Å². The molecule has 0 fully saturated rings. The Morgan fingerprint density at radius 1 is 0.610 bits per heavy atom. The first kappa shape index (κ1) is 41.0. The van der Waals surface area contributed by atoms with Crippen LogP contribution in [0.4, 0.5) is 0 Å². The Labute approximate surface area is 260 Å². The van der Waals surface area contributed by atoms with Crippen molar-refractivity contribution in [2.75, 3.05) is 6.61 Å². The van der Waals surface area contributed by atoms with Crippen molar-refractivity contribution < 1.29 is 18.0 Å². The van der Waals surface area contributed by atoms with Crippen molar-refractivity contribution >= 4 is 25.0 Å². The van der Waals surface area contributed by atoms with E-state index < -0.39 is 25.0 Å². The van der Waals surface area contributed by atoms with E-state index in [-0.39, 0.29) is 34.5 Å². The summed E-state index contributed by atoms with van der Waals surface area (Å²) in [6.45, 7) is 48.1. The smallest absolute Gasteiger partial charge is 0.200 e. The minimum atomic E-state index is -2.13. The summed E-state index contributed by atoms with van der Waals surface area (Å²) in [6.07, 6.45) is 5.86. The van der Waals surface area contributed by atoms with Gasteiger partial charge in [-0.25, -0.2) is 0 Å². The normalized spacial score (nSPS) is 17.2. The molecule has 0 spiro atoms. The van der Waals surface area contributed by atoms with Crippen LogP contribution in [0.2, 0.25) is 52.9 Å². The monoisotopic (exact) mass is 628 g/mol. The minimum Gasteiger partial charge on any atom is -0.414 e. The maximum Gasteiger partial charge on any atom is 0.200 e. The summed E-state index contributed by atoms with van der Waals surface area (Å²) in [5.74, 6) is 0. The Morgan fingerprint density at radius 3 is 1.32 bits per heavy atom. The number of rotatable bonds is 19. The fraction of sp³-hybridized carbons (Fsp3) is 0.882. The Morgan fingerprint density at radius 2 is 1.00 bits per heavy atom. The maximum absolute atomic E-state index is 7.37. The minimum absolute atomic E-state index is 0.0519. The molecule has 4 nitrogen and oxygen atoms in total. The van der Waals surface area contributed by atoms with Crippen LogP contribution in [0.3, 0.4) is 0 Å². The van der Waals surface area contributed by atoms with E-state index in [4.69, 9.17) is 18.0 Å². The molecule has 0 aromatic heterocycles. The van der Waals surface area contributed by atoms with E-state index in [0.717, 1.165) is 19.3 Å². The van der Waals surface area contributed by atoms with Crippen LogP contribution in [0.1, 0.15) is 109 Å². The zero-order valence-corrected chi connectivity index (χ0v) is 33.6. The van der Waals surface area contributed by atoms with Gasteiger partial charge in [-0.1, -0.05) is 102 Å². The van der Waals surface area contributed by atoms with Gasteiger partial charge in [0.25, 0.3) is 0 Å². The van der Waals surface area contributed by atoms with E-state index in [1.165, 1.54) is 0 Å². The van der Waals surface area contributed by atoms with E-state index in [1.54, 1.807) is 0 Å². The molecule has 0 amide bonds. The van der Waals surface area contributed by atoms with Crippen LogP contribution in [0, 0.1) is 0 Å². The number of hydrogen-bond acceptors (Lipinski definition) is 4. The van der Waals surface area contributed by atoms with E-state index in [2.05, 4.69) is 129 Å². The molecule has 0 bridgehead atoms. The summed E-state index contributed by atoms with van der Waals surface area (Å²) in [6, 6.07) is 0. The van der Waals surface area contributed by atoms with Gasteiger partial charge in [0.05, 0.1) is 24.9 Å². The first-order valence-corrected chi connectivity index (χ1v) is 24.3. The first-order chi connectivity index (χ1) is 18.4. The summed E-state index contributed by atoms with van der Waals surface area (Å²) < 4.78 is 28.5. The molecule has 0 unspecified atom stereocenters. The summed E-state index contributed by atoms with van der Waals surface area (Å²) in [4.78, 5) is 0. The Kier molecular flexibility index (Phi) is 16.3. The zero-order chi connectivity index (χ0) is 32.6.